The van der Waals surface area contributed by atoms with Gasteiger partial charge in [-0.3, -0.25) is 0 Å². The Kier molecular flexibility index (Phi) is 7.86. The molecule has 1 unspecified atom stereocenters. The average Bonchev–Trinajstić information content (AvgIpc) is 2.91. The molecule has 0 radical (unpaired) electrons. The van der Waals surface area contributed by atoms with Crippen LogP contribution in [0, 0.1) is 0 Å². The van der Waals surface area contributed by atoms with Gasteiger partial charge < -0.3 is 14.8 Å². The third-order valence-corrected chi connectivity index (χ3v) is 5.50. The molecule has 1 rings (SSSR count). The topological polar surface area (TPSA) is 67.9 Å². The Labute approximate surface area is 116 Å². The molecule has 1 N–H and O–H groups in total. The zero-order chi connectivity index (χ0) is 14.1. The molecule has 0 aliphatic carbocycles. The van der Waals surface area contributed by atoms with E-state index in [9.17, 15) is 8.42 Å². The van der Waals surface area contributed by atoms with Crippen LogP contribution in [0.1, 0.15) is 20.3 Å². The Bertz CT molecular complexity index is 319. The van der Waals surface area contributed by atoms with Crippen molar-refractivity contribution in [1.82, 2.24) is 9.62 Å². The van der Waals surface area contributed by atoms with E-state index in [1.807, 2.05) is 13.8 Å². The molecule has 1 aliphatic rings. The number of nitrogens with zero attached hydrogens (tertiary/aromatic N) is 1. The molecule has 1 heterocycles. The van der Waals surface area contributed by atoms with Gasteiger partial charge >= 0.3 is 0 Å². The van der Waals surface area contributed by atoms with Crippen LogP contribution in [0.15, 0.2) is 0 Å². The van der Waals surface area contributed by atoms with Crippen molar-refractivity contribution in [2.45, 2.75) is 25.5 Å². The van der Waals surface area contributed by atoms with Crippen molar-refractivity contribution >= 4 is 10.0 Å². The summed E-state index contributed by atoms with van der Waals surface area (Å²) in [6.07, 6.45) is 0.683. The van der Waals surface area contributed by atoms with Crippen LogP contribution in [0.3, 0.4) is 0 Å². The van der Waals surface area contributed by atoms with E-state index in [-0.39, 0.29) is 5.25 Å². The zero-order valence-corrected chi connectivity index (χ0v) is 12.7. The highest BCUT2D eigenvalue weighted by Gasteiger charge is 2.33. The van der Waals surface area contributed by atoms with Gasteiger partial charge in [-0.15, -0.1) is 0 Å². The number of rotatable bonds is 10. The van der Waals surface area contributed by atoms with Gasteiger partial charge in [0.05, 0.1) is 18.5 Å². The highest BCUT2D eigenvalue weighted by molar-refractivity contribution is 7.89. The van der Waals surface area contributed by atoms with Crippen LogP contribution in [0.25, 0.3) is 0 Å². The molecule has 0 aromatic rings. The largest absolute Gasteiger partial charge is 0.380 e. The van der Waals surface area contributed by atoms with E-state index in [1.165, 1.54) is 4.31 Å². The fraction of sp³-hybridized carbons (Fsp3) is 1.00. The summed E-state index contributed by atoms with van der Waals surface area (Å²) in [5.74, 6) is 0. The average molecular weight is 294 g/mol. The number of ether oxygens (including phenoxy) is 2. The Morgan fingerprint density at radius 2 is 1.74 bits per heavy atom. The van der Waals surface area contributed by atoms with Crippen molar-refractivity contribution in [2.75, 3.05) is 52.6 Å². The predicted molar refractivity (Wildman–Crippen MR) is 74.8 cm³/mol. The zero-order valence-electron chi connectivity index (χ0n) is 11.9. The Morgan fingerprint density at radius 1 is 1.16 bits per heavy atom. The third-order valence-electron chi connectivity index (χ3n) is 3.17. The third kappa shape index (κ3) is 5.35. The maximum absolute atomic E-state index is 12.5. The van der Waals surface area contributed by atoms with Gasteiger partial charge in [0.2, 0.25) is 10.0 Å². The highest BCUT2D eigenvalue weighted by Crippen LogP contribution is 2.15. The van der Waals surface area contributed by atoms with Gasteiger partial charge in [-0.25, -0.2) is 8.42 Å². The van der Waals surface area contributed by atoms with Crippen LogP contribution < -0.4 is 5.32 Å². The molecule has 0 aromatic heterocycles. The minimum absolute atomic E-state index is 0.309. The standard InChI is InChI=1S/C12H26N2O4S/c1-3-17-9-7-14(8-10-18-4-2)19(15,16)12-5-6-13-11-12/h12-13H,3-11H2,1-2H3. The predicted octanol–water partition coefficient (Wildman–Crippen LogP) is 0.0531. The fourth-order valence-electron chi connectivity index (χ4n) is 2.08. The van der Waals surface area contributed by atoms with Crippen molar-refractivity contribution in [3.8, 4) is 0 Å². The Balaban J connectivity index is 2.58. The minimum atomic E-state index is -3.25. The summed E-state index contributed by atoms with van der Waals surface area (Å²) in [5.41, 5.74) is 0. The van der Waals surface area contributed by atoms with Gasteiger partial charge in [0, 0.05) is 32.8 Å². The summed E-state index contributed by atoms with van der Waals surface area (Å²) in [5, 5.41) is 2.79. The van der Waals surface area contributed by atoms with E-state index in [0.717, 1.165) is 6.54 Å². The van der Waals surface area contributed by atoms with Crippen molar-refractivity contribution in [1.29, 1.82) is 0 Å². The van der Waals surface area contributed by atoms with Crippen molar-refractivity contribution in [3.05, 3.63) is 0 Å². The van der Waals surface area contributed by atoms with Gasteiger partial charge in [0.25, 0.3) is 0 Å². The molecule has 114 valence electrons. The summed E-state index contributed by atoms with van der Waals surface area (Å²) in [6, 6.07) is 0. The molecule has 0 spiro atoms. The van der Waals surface area contributed by atoms with Gasteiger partial charge in [-0.05, 0) is 26.8 Å². The Morgan fingerprint density at radius 3 is 2.16 bits per heavy atom. The second-order valence-corrected chi connectivity index (χ2v) is 6.67. The number of hydrogen-bond donors (Lipinski definition) is 1. The lowest BCUT2D eigenvalue weighted by Crippen LogP contribution is -2.43. The summed E-state index contributed by atoms with van der Waals surface area (Å²) >= 11 is 0. The molecule has 1 fully saturated rings. The van der Waals surface area contributed by atoms with Crippen molar-refractivity contribution in [2.24, 2.45) is 0 Å². The molecule has 7 heteroatoms. The first-order valence-corrected chi connectivity index (χ1v) is 8.48. The second kappa shape index (κ2) is 8.86. The maximum Gasteiger partial charge on any atom is 0.218 e. The highest BCUT2D eigenvalue weighted by atomic mass is 32.2. The monoisotopic (exact) mass is 294 g/mol. The lowest BCUT2D eigenvalue weighted by atomic mass is 10.4. The Hall–Kier alpha value is -0.210. The molecule has 1 atom stereocenters. The quantitative estimate of drug-likeness (QED) is 0.577. The first kappa shape index (κ1) is 16.8. The molecule has 0 amide bonds. The SMILES string of the molecule is CCOCCN(CCOCC)S(=O)(=O)C1CCNC1. The molecule has 0 bridgehead atoms. The molecule has 0 saturated carbocycles. The normalized spacial score (nSPS) is 20.3. The van der Waals surface area contributed by atoms with Crippen molar-refractivity contribution < 1.29 is 17.9 Å². The molecule has 19 heavy (non-hydrogen) atoms. The van der Waals surface area contributed by atoms with Gasteiger partial charge in [-0.1, -0.05) is 0 Å². The van der Waals surface area contributed by atoms with E-state index in [0.29, 0.717) is 52.5 Å². The lowest BCUT2D eigenvalue weighted by molar-refractivity contribution is 0.110. The molecule has 1 saturated heterocycles. The molecule has 6 nitrogen and oxygen atoms in total. The van der Waals surface area contributed by atoms with E-state index < -0.39 is 10.0 Å². The van der Waals surface area contributed by atoms with Crippen molar-refractivity contribution in [3.63, 3.8) is 0 Å². The van der Waals surface area contributed by atoms with E-state index in [4.69, 9.17) is 9.47 Å². The molecular formula is C12H26N2O4S. The van der Waals surface area contributed by atoms with Crippen LogP contribution in [0.5, 0.6) is 0 Å². The van der Waals surface area contributed by atoms with E-state index in [1.54, 1.807) is 0 Å². The van der Waals surface area contributed by atoms with Crippen LogP contribution in [0.4, 0.5) is 0 Å². The van der Waals surface area contributed by atoms with Crippen LogP contribution in [0.2, 0.25) is 0 Å². The summed E-state index contributed by atoms with van der Waals surface area (Å²) in [7, 11) is -3.25. The number of sulfonamides is 1. The van der Waals surface area contributed by atoms with E-state index >= 15 is 0 Å². The van der Waals surface area contributed by atoms with Gasteiger partial charge in [-0.2, -0.15) is 4.31 Å². The summed E-state index contributed by atoms with van der Waals surface area (Å²) < 4.78 is 37.0. The first-order valence-electron chi connectivity index (χ1n) is 6.98. The van der Waals surface area contributed by atoms with Crippen LogP contribution in [-0.2, 0) is 19.5 Å². The minimum Gasteiger partial charge on any atom is -0.380 e. The maximum atomic E-state index is 12.5. The lowest BCUT2D eigenvalue weighted by Gasteiger charge is -2.25. The molecule has 0 aromatic carbocycles. The smallest absolute Gasteiger partial charge is 0.218 e. The van der Waals surface area contributed by atoms with Crippen LogP contribution >= 0.6 is 0 Å². The first-order chi connectivity index (χ1) is 9.12. The molecule has 1 aliphatic heterocycles. The van der Waals surface area contributed by atoms with Crippen LogP contribution in [-0.4, -0.2) is 70.6 Å². The van der Waals surface area contributed by atoms with E-state index in [2.05, 4.69) is 5.32 Å². The second-order valence-electron chi connectivity index (χ2n) is 4.45. The van der Waals surface area contributed by atoms with Gasteiger partial charge in [0.1, 0.15) is 0 Å². The fourth-order valence-corrected chi connectivity index (χ4v) is 3.90. The van der Waals surface area contributed by atoms with Gasteiger partial charge in [0.15, 0.2) is 0 Å². The summed E-state index contributed by atoms with van der Waals surface area (Å²) in [4.78, 5) is 0. The molecular weight excluding hydrogens is 268 g/mol. The number of nitrogens with one attached hydrogen (secondary N) is 1. The summed E-state index contributed by atoms with van der Waals surface area (Å²) in [6.45, 7) is 7.99. The number of hydrogen-bond acceptors (Lipinski definition) is 5.